The van der Waals surface area contributed by atoms with Crippen LogP contribution in [0.4, 0.5) is 4.79 Å². The summed E-state index contributed by atoms with van der Waals surface area (Å²) in [4.78, 5) is 58.6. The van der Waals surface area contributed by atoms with Crippen LogP contribution in [-0.4, -0.2) is 81.8 Å². The smallest absolute Gasteiger partial charge is 0.408 e. The zero-order chi connectivity index (χ0) is 34.8. The minimum absolute atomic E-state index is 0.0582. The van der Waals surface area contributed by atoms with Crippen LogP contribution in [0, 0.1) is 5.92 Å². The van der Waals surface area contributed by atoms with Crippen LogP contribution in [0.3, 0.4) is 0 Å². The second-order valence-electron chi connectivity index (χ2n) is 13.9. The number of likely N-dealkylation sites (tertiary alicyclic amines) is 1. The maximum atomic E-state index is 14.2. The molecule has 1 aliphatic carbocycles. The second kappa shape index (κ2) is 13.7. The third-order valence-corrected chi connectivity index (χ3v) is 8.53. The van der Waals surface area contributed by atoms with Crippen molar-refractivity contribution in [2.75, 3.05) is 13.7 Å². The van der Waals surface area contributed by atoms with Gasteiger partial charge in [0.1, 0.15) is 35.3 Å². The molecule has 1 saturated carbocycles. The second-order valence-corrected chi connectivity index (χ2v) is 13.9. The first-order valence-electron chi connectivity index (χ1n) is 16.2. The number of methoxy groups -OCH3 is 1. The van der Waals surface area contributed by atoms with Crippen LogP contribution in [0.15, 0.2) is 54.6 Å². The lowest BCUT2D eigenvalue weighted by Gasteiger charge is -2.31. The summed E-state index contributed by atoms with van der Waals surface area (Å²) in [5.74, 6) is -1.10. The Morgan fingerprint density at radius 1 is 1.06 bits per heavy atom. The largest absolute Gasteiger partial charge is 0.497 e. The van der Waals surface area contributed by atoms with E-state index in [1.165, 1.54) is 4.90 Å². The lowest BCUT2D eigenvalue weighted by molar-refractivity contribution is -0.142. The number of hydrogen-bond donors (Lipinski definition) is 3. The average Bonchev–Trinajstić information content (AvgIpc) is 3.62. The number of carboxylic acids is 1. The van der Waals surface area contributed by atoms with Gasteiger partial charge < -0.3 is 34.9 Å². The molecule has 5 rings (SSSR count). The van der Waals surface area contributed by atoms with E-state index >= 15 is 0 Å². The van der Waals surface area contributed by atoms with Crippen molar-refractivity contribution < 1.29 is 38.5 Å². The van der Waals surface area contributed by atoms with Crippen molar-refractivity contribution >= 4 is 34.8 Å². The molecule has 1 saturated heterocycles. The molecule has 2 aromatic carbocycles. The van der Waals surface area contributed by atoms with Gasteiger partial charge in [-0.3, -0.25) is 14.4 Å². The van der Waals surface area contributed by atoms with Crippen molar-refractivity contribution in [1.29, 1.82) is 0 Å². The normalized spacial score (nSPS) is 19.0. The van der Waals surface area contributed by atoms with Crippen LogP contribution < -0.4 is 20.1 Å². The topological polar surface area (TPSA) is 156 Å². The van der Waals surface area contributed by atoms with E-state index in [0.717, 1.165) is 10.9 Å². The summed E-state index contributed by atoms with van der Waals surface area (Å²) < 4.78 is 17.5. The summed E-state index contributed by atoms with van der Waals surface area (Å²) in [6.45, 7) is 8.85. The molecule has 0 spiro atoms. The molecule has 0 bridgehead atoms. The number of ether oxygens (including phenoxy) is 3. The SMILES string of the molecule is COc1ccc2c(O[C@@H]3C[C@@H](C(=O)NC4(CC(=O)O)CC4)N(C(=O)[C@@H](NC(=O)OC(C)(C)C)C(C)C)C3)cc(-c3ccccc3)nc2c1. The van der Waals surface area contributed by atoms with E-state index in [2.05, 4.69) is 10.6 Å². The number of rotatable bonds is 11. The highest BCUT2D eigenvalue weighted by Gasteiger charge is 2.50. The molecule has 0 unspecified atom stereocenters. The minimum Gasteiger partial charge on any atom is -0.497 e. The number of benzene rings is 2. The molecule has 1 aromatic heterocycles. The molecular weight excluding hydrogens is 616 g/mol. The van der Waals surface area contributed by atoms with E-state index in [1.54, 1.807) is 41.7 Å². The summed E-state index contributed by atoms with van der Waals surface area (Å²) in [6.07, 6.45) is -0.329. The number of hydrogen-bond acceptors (Lipinski definition) is 8. The molecule has 12 heteroatoms. The summed E-state index contributed by atoms with van der Waals surface area (Å²) in [5.41, 5.74) is 0.596. The van der Waals surface area contributed by atoms with Gasteiger partial charge in [0.05, 0.1) is 36.8 Å². The predicted octanol–water partition coefficient (Wildman–Crippen LogP) is 4.93. The Hall–Kier alpha value is -4.87. The van der Waals surface area contributed by atoms with E-state index in [4.69, 9.17) is 19.2 Å². The van der Waals surface area contributed by atoms with Crippen molar-refractivity contribution in [2.24, 2.45) is 5.92 Å². The van der Waals surface area contributed by atoms with Crippen molar-refractivity contribution in [3.05, 3.63) is 54.6 Å². The van der Waals surface area contributed by atoms with E-state index in [-0.39, 0.29) is 25.3 Å². The van der Waals surface area contributed by atoms with Gasteiger partial charge in [0.2, 0.25) is 11.8 Å². The van der Waals surface area contributed by atoms with Gasteiger partial charge in [-0.15, -0.1) is 0 Å². The van der Waals surface area contributed by atoms with Gasteiger partial charge >= 0.3 is 12.1 Å². The van der Waals surface area contributed by atoms with Gasteiger partial charge in [-0.2, -0.15) is 0 Å². The lowest BCUT2D eigenvalue weighted by atomic mass is 10.0. The molecule has 2 aliphatic rings. The number of nitrogens with zero attached hydrogens (tertiary/aromatic N) is 2. The number of amides is 3. The molecule has 0 radical (unpaired) electrons. The van der Waals surface area contributed by atoms with E-state index < -0.39 is 53.2 Å². The number of carboxylic acid groups (broad SMARTS) is 1. The number of alkyl carbamates (subject to hydrolysis) is 1. The summed E-state index contributed by atoms with van der Waals surface area (Å²) in [5, 5.41) is 15.8. The third kappa shape index (κ3) is 8.15. The van der Waals surface area contributed by atoms with E-state index in [9.17, 15) is 24.3 Å². The predicted molar refractivity (Wildman–Crippen MR) is 179 cm³/mol. The van der Waals surface area contributed by atoms with Crippen molar-refractivity contribution in [3.63, 3.8) is 0 Å². The van der Waals surface area contributed by atoms with Crippen molar-refractivity contribution in [2.45, 2.75) is 89.6 Å². The number of pyridine rings is 1. The number of aliphatic carboxylic acids is 1. The Balaban J connectivity index is 1.47. The molecule has 3 atom stereocenters. The van der Waals surface area contributed by atoms with Crippen LogP contribution in [0.1, 0.15) is 60.3 Å². The molecule has 12 nitrogen and oxygen atoms in total. The average molecular weight is 661 g/mol. The Kier molecular flexibility index (Phi) is 9.84. The van der Waals surface area contributed by atoms with Crippen molar-refractivity contribution in [3.8, 4) is 22.8 Å². The van der Waals surface area contributed by atoms with Crippen LogP contribution in [0.25, 0.3) is 22.2 Å². The van der Waals surface area contributed by atoms with E-state index in [0.29, 0.717) is 35.6 Å². The van der Waals surface area contributed by atoms with E-state index in [1.807, 2.05) is 54.6 Å². The van der Waals surface area contributed by atoms with Gasteiger partial charge in [0, 0.05) is 29.5 Å². The Bertz CT molecular complexity index is 1680. The standard InChI is InChI=1S/C36H44N4O8/c1-21(2)31(38-34(45)48-35(3,4)5)33(44)40-20-24(17-28(40)32(43)39-36(14-15-36)19-30(41)42)47-29-18-26(22-10-8-7-9-11-22)37-27-16-23(46-6)12-13-25(27)29/h7-13,16,18,21,24,28,31H,14-15,17,19-20H2,1-6H3,(H,38,45)(H,39,43)(H,41,42)/t24-,28+,31+/m1/s1. The van der Waals surface area contributed by atoms with Gasteiger partial charge in [-0.05, 0) is 51.7 Å². The van der Waals surface area contributed by atoms with Gasteiger partial charge in [0.15, 0.2) is 0 Å². The van der Waals surface area contributed by atoms with Gasteiger partial charge in [0.25, 0.3) is 0 Å². The monoisotopic (exact) mass is 660 g/mol. The molecule has 48 heavy (non-hydrogen) atoms. The highest BCUT2D eigenvalue weighted by atomic mass is 16.6. The summed E-state index contributed by atoms with van der Waals surface area (Å²) in [7, 11) is 1.58. The molecule has 2 fully saturated rings. The van der Waals surface area contributed by atoms with Crippen LogP contribution in [0.5, 0.6) is 11.5 Å². The molecule has 1 aliphatic heterocycles. The zero-order valence-electron chi connectivity index (χ0n) is 28.2. The Morgan fingerprint density at radius 3 is 2.38 bits per heavy atom. The van der Waals surface area contributed by atoms with Crippen LogP contribution in [0.2, 0.25) is 0 Å². The highest BCUT2D eigenvalue weighted by molar-refractivity contribution is 5.93. The van der Waals surface area contributed by atoms with Gasteiger partial charge in [-0.1, -0.05) is 44.2 Å². The molecule has 3 amide bonds. The lowest BCUT2D eigenvalue weighted by Crippen LogP contribution is -2.56. The molecule has 3 aromatic rings. The number of fused-ring (bicyclic) bond motifs is 1. The highest BCUT2D eigenvalue weighted by Crippen LogP contribution is 2.40. The fraction of sp³-hybridized carbons (Fsp3) is 0.472. The summed E-state index contributed by atoms with van der Waals surface area (Å²) >= 11 is 0. The zero-order valence-corrected chi connectivity index (χ0v) is 28.2. The first kappa shape index (κ1) is 34.5. The first-order valence-corrected chi connectivity index (χ1v) is 16.2. The maximum Gasteiger partial charge on any atom is 0.408 e. The Morgan fingerprint density at radius 2 is 1.77 bits per heavy atom. The van der Waals surface area contributed by atoms with Crippen molar-refractivity contribution in [1.82, 2.24) is 20.5 Å². The fourth-order valence-electron chi connectivity index (χ4n) is 5.97. The number of carbonyl (C=O) groups excluding carboxylic acids is 3. The summed E-state index contributed by atoms with van der Waals surface area (Å²) in [6, 6.07) is 15.0. The number of carbonyl (C=O) groups is 4. The molecular formula is C36H44N4O8. The molecule has 2 heterocycles. The maximum absolute atomic E-state index is 14.2. The number of nitrogens with one attached hydrogen (secondary N) is 2. The first-order chi connectivity index (χ1) is 22.7. The van der Waals surface area contributed by atoms with Crippen LogP contribution in [-0.2, 0) is 19.1 Å². The third-order valence-electron chi connectivity index (χ3n) is 8.53. The molecule has 3 N–H and O–H groups in total. The van der Waals surface area contributed by atoms with Crippen LogP contribution >= 0.6 is 0 Å². The van der Waals surface area contributed by atoms with Gasteiger partial charge in [-0.25, -0.2) is 9.78 Å². The quantitative estimate of drug-likeness (QED) is 0.260. The Labute approximate surface area is 280 Å². The minimum atomic E-state index is -1.01. The molecule has 256 valence electrons. The fourth-order valence-corrected chi connectivity index (χ4v) is 5.97. The number of aromatic nitrogens is 1.